The summed E-state index contributed by atoms with van der Waals surface area (Å²) in [5.41, 5.74) is 1.85. The van der Waals surface area contributed by atoms with Gasteiger partial charge in [0.2, 0.25) is 0 Å². The normalized spacial score (nSPS) is 10.9. The first-order valence-corrected chi connectivity index (χ1v) is 6.63. The number of fused-ring (bicyclic) bond motifs is 3. The summed E-state index contributed by atoms with van der Waals surface area (Å²) in [5, 5.41) is 4.40. The van der Waals surface area contributed by atoms with Crippen molar-refractivity contribution in [1.29, 1.82) is 0 Å². The van der Waals surface area contributed by atoms with Crippen LogP contribution in [0.25, 0.3) is 21.5 Å². The second kappa shape index (κ2) is 4.64. The summed E-state index contributed by atoms with van der Waals surface area (Å²) in [6.07, 6.45) is 0. The smallest absolute Gasteiger partial charge is 0.160 e. The minimum absolute atomic E-state index is 0.112. The molecule has 0 atom stereocenters. The standard InChI is InChI=1S/C18H16O2/c1-11-4-7-16-15-9-6-14(20-3)10-13(15)5-8-17(16)18(11)12(2)19/h4-10H,1-3H3. The number of benzene rings is 3. The van der Waals surface area contributed by atoms with E-state index in [1.54, 1.807) is 14.0 Å². The third-order valence-corrected chi connectivity index (χ3v) is 3.78. The first-order chi connectivity index (χ1) is 9.61. The highest BCUT2D eigenvalue weighted by Crippen LogP contribution is 2.31. The third kappa shape index (κ3) is 1.85. The molecule has 0 N–H and O–H groups in total. The van der Waals surface area contributed by atoms with Crippen LogP contribution in [0.1, 0.15) is 22.8 Å². The lowest BCUT2D eigenvalue weighted by Gasteiger charge is -2.11. The summed E-state index contributed by atoms with van der Waals surface area (Å²) < 4.78 is 5.26. The van der Waals surface area contributed by atoms with E-state index in [-0.39, 0.29) is 5.78 Å². The van der Waals surface area contributed by atoms with Gasteiger partial charge in [0.1, 0.15) is 5.75 Å². The van der Waals surface area contributed by atoms with Gasteiger partial charge in [-0.15, -0.1) is 0 Å². The average Bonchev–Trinajstić information content (AvgIpc) is 2.45. The van der Waals surface area contributed by atoms with Gasteiger partial charge >= 0.3 is 0 Å². The Bertz CT molecular complexity index is 832. The molecule has 0 aromatic heterocycles. The molecule has 0 aliphatic heterocycles. The molecule has 100 valence electrons. The van der Waals surface area contributed by atoms with E-state index in [9.17, 15) is 4.79 Å². The molecule has 0 aliphatic rings. The maximum Gasteiger partial charge on any atom is 0.160 e. The lowest BCUT2D eigenvalue weighted by molar-refractivity contribution is 0.101. The number of Topliss-reactive ketones (excluding diaryl/α,β-unsaturated/α-hetero) is 1. The quantitative estimate of drug-likeness (QED) is 0.502. The third-order valence-electron chi connectivity index (χ3n) is 3.78. The molecule has 0 amide bonds. The lowest BCUT2D eigenvalue weighted by atomic mass is 9.93. The number of methoxy groups -OCH3 is 1. The molecular formula is C18H16O2. The van der Waals surface area contributed by atoms with E-state index >= 15 is 0 Å². The van der Waals surface area contributed by atoms with Crippen LogP contribution in [0.15, 0.2) is 42.5 Å². The Morgan fingerprint density at radius 3 is 2.35 bits per heavy atom. The molecule has 0 bridgehead atoms. The van der Waals surface area contributed by atoms with Crippen LogP contribution in [0, 0.1) is 6.92 Å². The summed E-state index contributed by atoms with van der Waals surface area (Å²) in [7, 11) is 1.67. The van der Waals surface area contributed by atoms with Crippen molar-refractivity contribution >= 4 is 27.3 Å². The Kier molecular flexibility index (Phi) is 2.94. The fraction of sp³-hybridized carbons (Fsp3) is 0.167. The molecule has 0 heterocycles. The van der Waals surface area contributed by atoms with Crippen molar-refractivity contribution in [3.8, 4) is 5.75 Å². The zero-order chi connectivity index (χ0) is 14.3. The van der Waals surface area contributed by atoms with Gasteiger partial charge in [0.15, 0.2) is 5.78 Å². The molecule has 2 nitrogen and oxygen atoms in total. The second-order valence-corrected chi connectivity index (χ2v) is 5.06. The van der Waals surface area contributed by atoms with Crippen LogP contribution in [0.3, 0.4) is 0 Å². The number of hydrogen-bond acceptors (Lipinski definition) is 2. The monoisotopic (exact) mass is 264 g/mol. The van der Waals surface area contributed by atoms with E-state index in [1.165, 1.54) is 0 Å². The molecule has 3 aromatic rings. The van der Waals surface area contributed by atoms with E-state index in [1.807, 2.05) is 37.3 Å². The first-order valence-electron chi connectivity index (χ1n) is 6.63. The molecular weight excluding hydrogens is 248 g/mol. The molecule has 0 saturated carbocycles. The Morgan fingerprint density at radius 2 is 1.65 bits per heavy atom. The van der Waals surface area contributed by atoms with Gasteiger partial charge < -0.3 is 4.74 Å². The Morgan fingerprint density at radius 1 is 0.950 bits per heavy atom. The average molecular weight is 264 g/mol. The van der Waals surface area contributed by atoms with Crippen molar-refractivity contribution in [2.45, 2.75) is 13.8 Å². The van der Waals surface area contributed by atoms with Gasteiger partial charge in [0, 0.05) is 5.56 Å². The summed E-state index contributed by atoms with van der Waals surface area (Å²) in [5.74, 6) is 0.955. The van der Waals surface area contributed by atoms with Gasteiger partial charge in [-0.05, 0) is 53.1 Å². The molecule has 0 fully saturated rings. The van der Waals surface area contributed by atoms with Crippen LogP contribution in [0.4, 0.5) is 0 Å². The molecule has 0 saturated heterocycles. The fourth-order valence-electron chi connectivity index (χ4n) is 2.83. The molecule has 3 rings (SSSR count). The number of ketones is 1. The summed E-state index contributed by atoms with van der Waals surface area (Å²) >= 11 is 0. The zero-order valence-corrected chi connectivity index (χ0v) is 11.9. The predicted octanol–water partition coefficient (Wildman–Crippen LogP) is 4.51. The van der Waals surface area contributed by atoms with Gasteiger partial charge in [0.25, 0.3) is 0 Å². The van der Waals surface area contributed by atoms with E-state index in [2.05, 4.69) is 12.1 Å². The van der Waals surface area contributed by atoms with Crippen molar-refractivity contribution in [2.24, 2.45) is 0 Å². The predicted molar refractivity (Wildman–Crippen MR) is 82.7 cm³/mol. The van der Waals surface area contributed by atoms with Crippen LogP contribution < -0.4 is 4.74 Å². The number of hydrogen-bond donors (Lipinski definition) is 0. The Hall–Kier alpha value is -2.35. The molecule has 20 heavy (non-hydrogen) atoms. The highest BCUT2D eigenvalue weighted by molar-refractivity contribution is 6.16. The first kappa shape index (κ1) is 12.7. The molecule has 0 unspecified atom stereocenters. The van der Waals surface area contributed by atoms with Gasteiger partial charge in [0.05, 0.1) is 7.11 Å². The lowest BCUT2D eigenvalue weighted by Crippen LogP contribution is -1.97. The van der Waals surface area contributed by atoms with Crippen molar-refractivity contribution in [3.05, 3.63) is 53.6 Å². The van der Waals surface area contributed by atoms with E-state index < -0.39 is 0 Å². The van der Waals surface area contributed by atoms with Crippen LogP contribution in [-0.4, -0.2) is 12.9 Å². The zero-order valence-electron chi connectivity index (χ0n) is 11.9. The number of carbonyl (C=O) groups excluding carboxylic acids is 1. The van der Waals surface area contributed by atoms with Gasteiger partial charge in [-0.3, -0.25) is 4.79 Å². The number of ether oxygens (including phenoxy) is 1. The van der Waals surface area contributed by atoms with Crippen molar-refractivity contribution in [1.82, 2.24) is 0 Å². The topological polar surface area (TPSA) is 26.3 Å². The molecule has 2 heteroatoms. The van der Waals surface area contributed by atoms with Crippen LogP contribution in [0.2, 0.25) is 0 Å². The van der Waals surface area contributed by atoms with E-state index in [4.69, 9.17) is 4.74 Å². The van der Waals surface area contributed by atoms with Crippen LogP contribution in [-0.2, 0) is 0 Å². The molecule has 0 aliphatic carbocycles. The maximum atomic E-state index is 11.9. The van der Waals surface area contributed by atoms with Crippen LogP contribution in [0.5, 0.6) is 5.75 Å². The van der Waals surface area contributed by atoms with Crippen molar-refractivity contribution in [3.63, 3.8) is 0 Å². The largest absolute Gasteiger partial charge is 0.497 e. The summed E-state index contributed by atoms with van der Waals surface area (Å²) in [6.45, 7) is 3.61. The fourth-order valence-corrected chi connectivity index (χ4v) is 2.83. The highest BCUT2D eigenvalue weighted by atomic mass is 16.5. The number of aryl methyl sites for hydroxylation is 1. The highest BCUT2D eigenvalue weighted by Gasteiger charge is 2.11. The molecule has 3 aromatic carbocycles. The van der Waals surface area contributed by atoms with Crippen LogP contribution >= 0.6 is 0 Å². The Balaban J connectivity index is 2.44. The molecule has 0 radical (unpaired) electrons. The summed E-state index contributed by atoms with van der Waals surface area (Å²) in [6, 6.07) is 14.2. The molecule has 0 spiro atoms. The van der Waals surface area contributed by atoms with Gasteiger partial charge in [-0.2, -0.15) is 0 Å². The number of carbonyl (C=O) groups is 1. The Labute approximate surface area is 118 Å². The minimum atomic E-state index is 0.112. The maximum absolute atomic E-state index is 11.9. The summed E-state index contributed by atoms with van der Waals surface area (Å²) in [4.78, 5) is 11.9. The van der Waals surface area contributed by atoms with E-state index in [0.717, 1.165) is 38.4 Å². The van der Waals surface area contributed by atoms with Crippen molar-refractivity contribution in [2.75, 3.05) is 7.11 Å². The second-order valence-electron chi connectivity index (χ2n) is 5.06. The van der Waals surface area contributed by atoms with E-state index in [0.29, 0.717) is 0 Å². The van der Waals surface area contributed by atoms with Crippen molar-refractivity contribution < 1.29 is 9.53 Å². The van der Waals surface area contributed by atoms with Gasteiger partial charge in [-0.1, -0.05) is 30.3 Å². The van der Waals surface area contributed by atoms with Gasteiger partial charge in [-0.25, -0.2) is 0 Å². The SMILES string of the molecule is COc1ccc2c(ccc3c(C(C)=O)c(C)ccc32)c1. The minimum Gasteiger partial charge on any atom is -0.497 e. The number of rotatable bonds is 2.